The number of ether oxygens (including phenoxy) is 2. The SMILES string of the molecule is C[C@H](OC(=O)C(C)(C)Oc1ccc(Cl)cc1)C(=O)Nc1cccc(C#N)c1. The molecule has 0 aromatic heterocycles. The molecule has 0 radical (unpaired) electrons. The van der Waals surface area contributed by atoms with Crippen molar-refractivity contribution in [3.63, 3.8) is 0 Å². The number of nitrogens with zero attached hydrogens (tertiary/aromatic N) is 1. The highest BCUT2D eigenvalue weighted by molar-refractivity contribution is 6.30. The maximum Gasteiger partial charge on any atom is 0.350 e. The minimum Gasteiger partial charge on any atom is -0.476 e. The second-order valence-electron chi connectivity index (χ2n) is 6.30. The number of esters is 1. The van der Waals surface area contributed by atoms with Crippen LogP contribution in [0.2, 0.25) is 5.02 Å². The lowest BCUT2D eigenvalue weighted by molar-refractivity contribution is -0.166. The zero-order chi connectivity index (χ0) is 20.0. The van der Waals surface area contributed by atoms with Crippen LogP contribution in [0.3, 0.4) is 0 Å². The molecule has 0 aliphatic rings. The summed E-state index contributed by atoms with van der Waals surface area (Å²) in [6, 6.07) is 15.0. The van der Waals surface area contributed by atoms with E-state index in [1.165, 1.54) is 13.0 Å². The Hall–Kier alpha value is -3.04. The van der Waals surface area contributed by atoms with Gasteiger partial charge in [-0.2, -0.15) is 5.26 Å². The van der Waals surface area contributed by atoms with E-state index >= 15 is 0 Å². The first kappa shape index (κ1) is 20.3. The molecule has 0 bridgehead atoms. The number of hydrogen-bond acceptors (Lipinski definition) is 5. The predicted octanol–water partition coefficient (Wildman–Crippen LogP) is 3.94. The van der Waals surface area contributed by atoms with E-state index in [1.54, 1.807) is 56.3 Å². The summed E-state index contributed by atoms with van der Waals surface area (Å²) in [6.07, 6.45) is -1.05. The van der Waals surface area contributed by atoms with Gasteiger partial charge < -0.3 is 14.8 Å². The number of rotatable bonds is 6. The van der Waals surface area contributed by atoms with Crippen molar-refractivity contribution in [3.8, 4) is 11.8 Å². The van der Waals surface area contributed by atoms with E-state index in [9.17, 15) is 9.59 Å². The van der Waals surface area contributed by atoms with Crippen molar-refractivity contribution in [2.24, 2.45) is 0 Å². The zero-order valence-electron chi connectivity index (χ0n) is 15.2. The molecule has 0 saturated carbocycles. The Labute approximate surface area is 162 Å². The van der Waals surface area contributed by atoms with Crippen molar-refractivity contribution in [2.45, 2.75) is 32.5 Å². The number of halogens is 1. The summed E-state index contributed by atoms with van der Waals surface area (Å²) in [7, 11) is 0. The molecule has 0 heterocycles. The second-order valence-corrected chi connectivity index (χ2v) is 6.73. The van der Waals surface area contributed by atoms with Crippen LogP contribution in [-0.4, -0.2) is 23.6 Å². The number of benzene rings is 2. The monoisotopic (exact) mass is 386 g/mol. The first-order chi connectivity index (χ1) is 12.7. The number of anilines is 1. The Kier molecular flexibility index (Phi) is 6.43. The van der Waals surface area contributed by atoms with Crippen molar-refractivity contribution in [2.75, 3.05) is 5.32 Å². The van der Waals surface area contributed by atoms with Gasteiger partial charge in [0, 0.05) is 10.7 Å². The smallest absolute Gasteiger partial charge is 0.350 e. The summed E-state index contributed by atoms with van der Waals surface area (Å²) in [5.74, 6) is -0.751. The van der Waals surface area contributed by atoms with Crippen LogP contribution in [0.1, 0.15) is 26.3 Å². The molecular weight excluding hydrogens is 368 g/mol. The summed E-state index contributed by atoms with van der Waals surface area (Å²) in [6.45, 7) is 4.55. The Morgan fingerprint density at radius 2 is 1.85 bits per heavy atom. The van der Waals surface area contributed by atoms with Gasteiger partial charge in [0.05, 0.1) is 11.6 Å². The number of nitriles is 1. The molecule has 6 nitrogen and oxygen atoms in total. The topological polar surface area (TPSA) is 88.4 Å². The van der Waals surface area contributed by atoms with Crippen molar-refractivity contribution in [3.05, 3.63) is 59.1 Å². The van der Waals surface area contributed by atoms with Gasteiger partial charge in [-0.3, -0.25) is 4.79 Å². The van der Waals surface area contributed by atoms with Gasteiger partial charge in [-0.15, -0.1) is 0 Å². The Bertz CT molecular complexity index is 872. The van der Waals surface area contributed by atoms with Gasteiger partial charge in [-0.1, -0.05) is 17.7 Å². The largest absolute Gasteiger partial charge is 0.476 e. The molecule has 0 aliphatic heterocycles. The summed E-state index contributed by atoms with van der Waals surface area (Å²) < 4.78 is 10.9. The lowest BCUT2D eigenvalue weighted by Gasteiger charge is -2.26. The second kappa shape index (κ2) is 8.56. The highest BCUT2D eigenvalue weighted by atomic mass is 35.5. The molecule has 0 aliphatic carbocycles. The molecule has 2 aromatic rings. The van der Waals surface area contributed by atoms with Crippen molar-refractivity contribution < 1.29 is 19.1 Å². The van der Waals surface area contributed by atoms with Crippen LogP contribution >= 0.6 is 11.6 Å². The lowest BCUT2D eigenvalue weighted by atomic mass is 10.1. The normalized spacial score (nSPS) is 11.8. The van der Waals surface area contributed by atoms with E-state index in [2.05, 4.69) is 5.32 Å². The summed E-state index contributed by atoms with van der Waals surface area (Å²) >= 11 is 5.83. The molecule has 27 heavy (non-hydrogen) atoms. The zero-order valence-corrected chi connectivity index (χ0v) is 15.9. The molecular formula is C20H19ClN2O4. The molecule has 0 unspecified atom stereocenters. The first-order valence-electron chi connectivity index (χ1n) is 8.18. The number of nitrogens with one attached hydrogen (secondary N) is 1. The van der Waals surface area contributed by atoms with Gasteiger partial charge in [0.1, 0.15) is 5.75 Å². The summed E-state index contributed by atoms with van der Waals surface area (Å²) in [4.78, 5) is 24.7. The molecule has 2 aromatic carbocycles. The van der Waals surface area contributed by atoms with Gasteiger partial charge >= 0.3 is 5.97 Å². The Balaban J connectivity index is 1.97. The van der Waals surface area contributed by atoms with E-state index in [0.717, 1.165) is 0 Å². The fraction of sp³-hybridized carbons (Fsp3) is 0.250. The van der Waals surface area contributed by atoms with E-state index in [1.807, 2.05) is 6.07 Å². The Morgan fingerprint density at radius 3 is 2.48 bits per heavy atom. The van der Waals surface area contributed by atoms with Gasteiger partial charge in [0.15, 0.2) is 11.7 Å². The molecule has 140 valence electrons. The number of carbonyl (C=O) groups excluding carboxylic acids is 2. The third-order valence-electron chi connectivity index (χ3n) is 3.59. The lowest BCUT2D eigenvalue weighted by Crippen LogP contribution is -2.43. The first-order valence-corrected chi connectivity index (χ1v) is 8.56. The van der Waals surface area contributed by atoms with Crippen molar-refractivity contribution in [1.82, 2.24) is 0 Å². The maximum atomic E-state index is 12.4. The number of carbonyl (C=O) groups is 2. The molecule has 1 amide bonds. The molecule has 0 saturated heterocycles. The third kappa shape index (κ3) is 5.73. The molecule has 1 N–H and O–H groups in total. The number of amides is 1. The van der Waals surface area contributed by atoms with Crippen LogP contribution in [0, 0.1) is 11.3 Å². The highest BCUT2D eigenvalue weighted by Gasteiger charge is 2.34. The molecule has 0 spiro atoms. The van der Waals surface area contributed by atoms with Crippen LogP contribution in [0.25, 0.3) is 0 Å². The minimum absolute atomic E-state index is 0.412. The minimum atomic E-state index is -1.30. The van der Waals surface area contributed by atoms with Crippen LogP contribution in [-0.2, 0) is 14.3 Å². The molecule has 2 rings (SSSR count). The van der Waals surface area contributed by atoms with E-state index in [-0.39, 0.29) is 0 Å². The highest BCUT2D eigenvalue weighted by Crippen LogP contribution is 2.22. The maximum absolute atomic E-state index is 12.4. The van der Waals surface area contributed by atoms with Gasteiger partial charge in [-0.25, -0.2) is 4.79 Å². The fourth-order valence-corrected chi connectivity index (χ4v) is 2.23. The average Bonchev–Trinajstić information content (AvgIpc) is 2.63. The Morgan fingerprint density at radius 1 is 1.19 bits per heavy atom. The van der Waals surface area contributed by atoms with Crippen LogP contribution < -0.4 is 10.1 Å². The fourth-order valence-electron chi connectivity index (χ4n) is 2.11. The quantitative estimate of drug-likeness (QED) is 0.759. The molecule has 0 fully saturated rings. The number of hydrogen-bond donors (Lipinski definition) is 1. The molecule has 1 atom stereocenters. The van der Waals surface area contributed by atoms with Crippen LogP contribution in [0.5, 0.6) is 5.75 Å². The third-order valence-corrected chi connectivity index (χ3v) is 3.84. The van der Waals surface area contributed by atoms with E-state index < -0.39 is 23.6 Å². The van der Waals surface area contributed by atoms with Crippen LogP contribution in [0.15, 0.2) is 48.5 Å². The summed E-state index contributed by atoms with van der Waals surface area (Å²) in [5.41, 5.74) is -0.447. The summed E-state index contributed by atoms with van der Waals surface area (Å²) in [5, 5.41) is 12.1. The van der Waals surface area contributed by atoms with Gasteiger partial charge in [0.2, 0.25) is 0 Å². The molecule has 7 heteroatoms. The van der Waals surface area contributed by atoms with E-state index in [4.69, 9.17) is 26.3 Å². The average molecular weight is 387 g/mol. The van der Waals surface area contributed by atoms with Crippen LogP contribution in [0.4, 0.5) is 5.69 Å². The standard InChI is InChI=1S/C20H19ClN2O4/c1-13(18(24)23-16-6-4-5-14(11-16)12-22)26-19(25)20(2,3)27-17-9-7-15(21)8-10-17/h4-11,13H,1-3H3,(H,23,24)/t13-/m0/s1. The predicted molar refractivity (Wildman–Crippen MR) is 101 cm³/mol. The van der Waals surface area contributed by atoms with Gasteiger partial charge in [0.25, 0.3) is 5.91 Å². The van der Waals surface area contributed by atoms with Gasteiger partial charge in [-0.05, 0) is 63.2 Å². The van der Waals surface area contributed by atoms with Crippen molar-refractivity contribution >= 4 is 29.2 Å². The van der Waals surface area contributed by atoms with E-state index in [0.29, 0.717) is 22.0 Å². The van der Waals surface area contributed by atoms with Crippen molar-refractivity contribution in [1.29, 1.82) is 5.26 Å².